The molecule has 1 heterocycles. The summed E-state index contributed by atoms with van der Waals surface area (Å²) in [6, 6.07) is 9.97. The van der Waals surface area contributed by atoms with Crippen LogP contribution in [-0.2, 0) is 6.54 Å². The van der Waals surface area contributed by atoms with Crippen molar-refractivity contribution in [3.05, 3.63) is 41.0 Å². The summed E-state index contributed by atoms with van der Waals surface area (Å²) in [6.07, 6.45) is 1.74. The summed E-state index contributed by atoms with van der Waals surface area (Å²) in [5.41, 5.74) is 2.13. The number of aromatic nitrogens is 2. The Labute approximate surface area is 96.5 Å². The van der Waals surface area contributed by atoms with E-state index in [2.05, 4.69) is 21.0 Å². The fraction of sp³-hybridized carbons (Fsp3) is 0.182. The zero-order chi connectivity index (χ0) is 10.7. The third-order valence-electron chi connectivity index (χ3n) is 2.17. The second-order valence-corrected chi connectivity index (χ2v) is 4.09. The van der Waals surface area contributed by atoms with Gasteiger partial charge < -0.3 is 5.11 Å². The van der Waals surface area contributed by atoms with E-state index in [1.807, 2.05) is 30.3 Å². The molecular formula is C11H11BrN2O. The molecular weight excluding hydrogens is 256 g/mol. The van der Waals surface area contributed by atoms with E-state index in [1.54, 1.807) is 10.9 Å². The first-order chi connectivity index (χ1) is 7.31. The number of benzene rings is 1. The van der Waals surface area contributed by atoms with Crippen molar-refractivity contribution in [1.29, 1.82) is 0 Å². The number of rotatable bonds is 3. The Hall–Kier alpha value is -1.13. The first kappa shape index (κ1) is 10.4. The predicted molar refractivity (Wildman–Crippen MR) is 62.4 cm³/mol. The third kappa shape index (κ3) is 2.27. The van der Waals surface area contributed by atoms with Gasteiger partial charge in [-0.25, -0.2) is 0 Å². The van der Waals surface area contributed by atoms with E-state index >= 15 is 0 Å². The fourth-order valence-corrected chi connectivity index (χ4v) is 1.74. The van der Waals surface area contributed by atoms with Gasteiger partial charge in [-0.05, 0) is 23.8 Å². The quantitative estimate of drug-likeness (QED) is 0.926. The molecule has 0 aliphatic rings. The summed E-state index contributed by atoms with van der Waals surface area (Å²) in [6.45, 7) is 0.629. The lowest BCUT2D eigenvalue weighted by molar-refractivity contribution is 0.270. The minimum absolute atomic E-state index is 0.102. The zero-order valence-electron chi connectivity index (χ0n) is 8.10. The molecule has 15 heavy (non-hydrogen) atoms. The van der Waals surface area contributed by atoms with Gasteiger partial charge in [0.05, 0.1) is 18.8 Å². The third-order valence-corrected chi connectivity index (χ3v) is 2.70. The highest BCUT2D eigenvalue weighted by molar-refractivity contribution is 9.10. The van der Waals surface area contributed by atoms with Gasteiger partial charge in [-0.15, -0.1) is 0 Å². The van der Waals surface area contributed by atoms with Crippen molar-refractivity contribution in [2.75, 3.05) is 6.61 Å². The summed E-state index contributed by atoms with van der Waals surface area (Å²) in [4.78, 5) is 0. The maximum Gasteiger partial charge on any atom is 0.0683 e. The molecule has 0 fully saturated rings. The summed E-state index contributed by atoms with van der Waals surface area (Å²) in [5, 5.41) is 13.0. The molecule has 0 unspecified atom stereocenters. The van der Waals surface area contributed by atoms with Crippen molar-refractivity contribution in [3.8, 4) is 11.3 Å². The van der Waals surface area contributed by atoms with Gasteiger partial charge in [0, 0.05) is 10.7 Å². The number of aliphatic hydroxyl groups excluding tert-OH is 1. The van der Waals surface area contributed by atoms with Gasteiger partial charge in [0.25, 0.3) is 0 Å². The number of nitrogens with zero attached hydrogens (tertiary/aromatic N) is 2. The Kier molecular flexibility index (Phi) is 3.18. The summed E-state index contributed by atoms with van der Waals surface area (Å²) < 4.78 is 2.85. The van der Waals surface area contributed by atoms with Crippen molar-refractivity contribution in [1.82, 2.24) is 9.78 Å². The van der Waals surface area contributed by atoms with Crippen LogP contribution in [0.15, 0.2) is 41.0 Å². The molecule has 1 aromatic heterocycles. The average Bonchev–Trinajstić information content (AvgIpc) is 2.68. The highest BCUT2D eigenvalue weighted by Gasteiger charge is 2.03. The molecule has 78 valence electrons. The predicted octanol–water partition coefficient (Wildman–Crippen LogP) is 2.30. The van der Waals surface area contributed by atoms with Crippen LogP contribution in [0.2, 0.25) is 0 Å². The SMILES string of the molecule is OCCn1nccc1-c1ccc(Br)cc1. The van der Waals surface area contributed by atoms with E-state index in [-0.39, 0.29) is 6.61 Å². The van der Waals surface area contributed by atoms with Crippen molar-refractivity contribution in [2.24, 2.45) is 0 Å². The van der Waals surface area contributed by atoms with Crippen molar-refractivity contribution >= 4 is 15.9 Å². The Morgan fingerprint density at radius 1 is 1.20 bits per heavy atom. The molecule has 0 saturated carbocycles. The van der Waals surface area contributed by atoms with Crippen LogP contribution in [0, 0.1) is 0 Å². The number of aliphatic hydroxyl groups is 1. The average molecular weight is 267 g/mol. The standard InChI is InChI=1S/C11H11BrN2O/c12-10-3-1-9(2-4-10)11-5-6-13-14(11)7-8-15/h1-6,15H,7-8H2. The number of hydrogen-bond acceptors (Lipinski definition) is 2. The highest BCUT2D eigenvalue weighted by Crippen LogP contribution is 2.21. The minimum Gasteiger partial charge on any atom is -0.394 e. The molecule has 0 aliphatic heterocycles. The maximum atomic E-state index is 8.89. The van der Waals surface area contributed by atoms with Crippen molar-refractivity contribution in [3.63, 3.8) is 0 Å². The fourth-order valence-electron chi connectivity index (χ4n) is 1.47. The molecule has 0 bridgehead atoms. The lowest BCUT2D eigenvalue weighted by Gasteiger charge is -2.05. The molecule has 0 spiro atoms. The number of hydrogen-bond donors (Lipinski definition) is 1. The van der Waals surface area contributed by atoms with Crippen LogP contribution >= 0.6 is 15.9 Å². The highest BCUT2D eigenvalue weighted by atomic mass is 79.9. The zero-order valence-corrected chi connectivity index (χ0v) is 9.68. The molecule has 0 atom stereocenters. The molecule has 0 amide bonds. The van der Waals surface area contributed by atoms with Gasteiger partial charge in [-0.2, -0.15) is 5.10 Å². The van der Waals surface area contributed by atoms with Crippen LogP contribution in [-0.4, -0.2) is 21.5 Å². The Morgan fingerprint density at radius 2 is 1.93 bits per heavy atom. The smallest absolute Gasteiger partial charge is 0.0683 e. The minimum atomic E-state index is 0.102. The monoisotopic (exact) mass is 266 g/mol. The largest absolute Gasteiger partial charge is 0.394 e. The van der Waals surface area contributed by atoms with E-state index in [1.165, 1.54) is 0 Å². The van der Waals surface area contributed by atoms with E-state index in [4.69, 9.17) is 5.11 Å². The van der Waals surface area contributed by atoms with Crippen LogP contribution in [0.25, 0.3) is 11.3 Å². The van der Waals surface area contributed by atoms with Gasteiger partial charge in [0.1, 0.15) is 0 Å². The topological polar surface area (TPSA) is 38.0 Å². The first-order valence-corrected chi connectivity index (χ1v) is 5.49. The molecule has 0 saturated heterocycles. The second-order valence-electron chi connectivity index (χ2n) is 3.17. The van der Waals surface area contributed by atoms with Crippen molar-refractivity contribution < 1.29 is 5.11 Å². The van der Waals surface area contributed by atoms with E-state index in [0.717, 1.165) is 15.7 Å². The molecule has 0 radical (unpaired) electrons. The van der Waals surface area contributed by atoms with E-state index in [9.17, 15) is 0 Å². The maximum absolute atomic E-state index is 8.89. The van der Waals surface area contributed by atoms with Gasteiger partial charge in [0.2, 0.25) is 0 Å². The van der Waals surface area contributed by atoms with Gasteiger partial charge in [-0.3, -0.25) is 4.68 Å². The van der Waals surface area contributed by atoms with Crippen LogP contribution in [0.1, 0.15) is 0 Å². The van der Waals surface area contributed by atoms with Crippen LogP contribution in [0.5, 0.6) is 0 Å². The van der Waals surface area contributed by atoms with Crippen LogP contribution in [0.3, 0.4) is 0 Å². The summed E-state index contributed by atoms with van der Waals surface area (Å²) in [7, 11) is 0. The first-order valence-electron chi connectivity index (χ1n) is 4.70. The molecule has 4 heteroatoms. The molecule has 2 rings (SSSR count). The van der Waals surface area contributed by atoms with E-state index in [0.29, 0.717) is 6.54 Å². The number of halogens is 1. The van der Waals surface area contributed by atoms with Crippen LogP contribution in [0.4, 0.5) is 0 Å². The summed E-state index contributed by atoms with van der Waals surface area (Å²) in [5.74, 6) is 0. The summed E-state index contributed by atoms with van der Waals surface area (Å²) >= 11 is 3.40. The lowest BCUT2D eigenvalue weighted by Crippen LogP contribution is -2.05. The Morgan fingerprint density at radius 3 is 2.60 bits per heavy atom. The molecule has 1 N–H and O–H groups in total. The van der Waals surface area contributed by atoms with Gasteiger partial charge in [-0.1, -0.05) is 28.1 Å². The normalized spacial score (nSPS) is 10.5. The molecule has 1 aromatic carbocycles. The van der Waals surface area contributed by atoms with Crippen LogP contribution < -0.4 is 0 Å². The van der Waals surface area contributed by atoms with Gasteiger partial charge >= 0.3 is 0 Å². The molecule has 3 nitrogen and oxygen atoms in total. The Bertz CT molecular complexity index is 436. The lowest BCUT2D eigenvalue weighted by atomic mass is 10.1. The molecule has 2 aromatic rings. The second kappa shape index (κ2) is 4.59. The van der Waals surface area contributed by atoms with Gasteiger partial charge in [0.15, 0.2) is 0 Å². The van der Waals surface area contributed by atoms with E-state index < -0.39 is 0 Å². The van der Waals surface area contributed by atoms with Crippen molar-refractivity contribution in [2.45, 2.75) is 6.54 Å². The Balaban J connectivity index is 2.36. The molecule has 0 aliphatic carbocycles.